The summed E-state index contributed by atoms with van der Waals surface area (Å²) in [6, 6.07) is 0. The number of hydrogen-bond donors (Lipinski definition) is 1. The summed E-state index contributed by atoms with van der Waals surface area (Å²) in [5.74, 6) is -5.05. The van der Waals surface area contributed by atoms with Gasteiger partial charge in [0.15, 0.2) is 0 Å². The SMILES string of the molecule is C=CC(O)C(F)(F)C(C)=O. The molecule has 0 aliphatic heterocycles. The molecule has 0 aliphatic carbocycles. The lowest BCUT2D eigenvalue weighted by Gasteiger charge is -2.15. The average molecular weight is 150 g/mol. The second kappa shape index (κ2) is 2.88. The molecule has 0 bridgehead atoms. The van der Waals surface area contributed by atoms with E-state index in [1.165, 1.54) is 0 Å². The van der Waals surface area contributed by atoms with Gasteiger partial charge in [0.2, 0.25) is 5.78 Å². The van der Waals surface area contributed by atoms with Crippen molar-refractivity contribution >= 4 is 5.78 Å². The van der Waals surface area contributed by atoms with Crippen LogP contribution in [0.25, 0.3) is 0 Å². The van der Waals surface area contributed by atoms with E-state index in [4.69, 9.17) is 5.11 Å². The van der Waals surface area contributed by atoms with Gasteiger partial charge in [-0.15, -0.1) is 6.58 Å². The Hall–Kier alpha value is -0.770. The van der Waals surface area contributed by atoms with E-state index in [9.17, 15) is 13.6 Å². The maximum atomic E-state index is 12.3. The number of alkyl halides is 2. The molecular weight excluding hydrogens is 142 g/mol. The van der Waals surface area contributed by atoms with Crippen molar-refractivity contribution in [2.24, 2.45) is 0 Å². The molecule has 10 heavy (non-hydrogen) atoms. The molecule has 0 rings (SSSR count). The molecule has 0 amide bonds. The van der Waals surface area contributed by atoms with Crippen LogP contribution >= 0.6 is 0 Å². The highest BCUT2D eigenvalue weighted by Crippen LogP contribution is 2.19. The standard InChI is InChI=1S/C6H8F2O2/c1-3-5(10)6(7,8)4(2)9/h3,5,10H,1H2,2H3. The highest BCUT2D eigenvalue weighted by molar-refractivity contribution is 5.84. The average Bonchev–Trinajstić information content (AvgIpc) is 1.86. The summed E-state index contributed by atoms with van der Waals surface area (Å²) in [5, 5.41) is 8.47. The number of carbonyl (C=O) groups is 1. The van der Waals surface area contributed by atoms with Gasteiger partial charge < -0.3 is 5.11 Å². The molecule has 0 saturated carbocycles. The van der Waals surface area contributed by atoms with Gasteiger partial charge >= 0.3 is 5.92 Å². The minimum Gasteiger partial charge on any atom is -0.382 e. The Kier molecular flexibility index (Phi) is 2.65. The van der Waals surface area contributed by atoms with Crippen LogP contribution < -0.4 is 0 Å². The van der Waals surface area contributed by atoms with Crippen LogP contribution in [-0.2, 0) is 4.79 Å². The van der Waals surface area contributed by atoms with Gasteiger partial charge in [-0.25, -0.2) is 0 Å². The molecule has 0 aromatic rings. The molecule has 1 N–H and O–H groups in total. The Bertz CT molecular complexity index is 154. The number of halogens is 2. The van der Waals surface area contributed by atoms with E-state index in [0.29, 0.717) is 13.0 Å². The summed E-state index contributed by atoms with van der Waals surface area (Å²) in [7, 11) is 0. The maximum absolute atomic E-state index is 12.3. The highest BCUT2D eigenvalue weighted by atomic mass is 19.3. The van der Waals surface area contributed by atoms with E-state index in [1.54, 1.807) is 0 Å². The Labute approximate surface area is 57.2 Å². The number of carbonyl (C=O) groups excluding carboxylic acids is 1. The van der Waals surface area contributed by atoms with Crippen LogP contribution in [0, 0.1) is 0 Å². The highest BCUT2D eigenvalue weighted by Gasteiger charge is 2.41. The van der Waals surface area contributed by atoms with Crippen LogP contribution in [0.4, 0.5) is 8.78 Å². The lowest BCUT2D eigenvalue weighted by molar-refractivity contribution is -0.152. The molecular formula is C6H8F2O2. The summed E-state index contributed by atoms with van der Waals surface area (Å²) >= 11 is 0. The second-order valence-corrected chi connectivity index (χ2v) is 1.86. The summed E-state index contributed by atoms with van der Waals surface area (Å²) in [6.45, 7) is 3.64. The first-order valence-electron chi connectivity index (χ1n) is 2.62. The van der Waals surface area contributed by atoms with E-state index in [-0.39, 0.29) is 0 Å². The van der Waals surface area contributed by atoms with Crippen molar-refractivity contribution in [2.45, 2.75) is 19.0 Å². The molecule has 58 valence electrons. The Balaban J connectivity index is 4.38. The van der Waals surface area contributed by atoms with Crippen molar-refractivity contribution in [3.63, 3.8) is 0 Å². The third-order valence-electron chi connectivity index (χ3n) is 1.06. The van der Waals surface area contributed by atoms with E-state index < -0.39 is 17.8 Å². The van der Waals surface area contributed by atoms with E-state index in [1.807, 2.05) is 0 Å². The Morgan fingerprint density at radius 1 is 1.80 bits per heavy atom. The van der Waals surface area contributed by atoms with Crippen molar-refractivity contribution in [3.05, 3.63) is 12.7 Å². The topological polar surface area (TPSA) is 37.3 Å². The van der Waals surface area contributed by atoms with Gasteiger partial charge in [-0.2, -0.15) is 8.78 Å². The summed E-state index contributed by atoms with van der Waals surface area (Å²) in [4.78, 5) is 10.1. The zero-order valence-corrected chi connectivity index (χ0v) is 5.47. The largest absolute Gasteiger partial charge is 0.382 e. The molecule has 0 aromatic carbocycles. The number of aliphatic hydroxyl groups is 1. The smallest absolute Gasteiger partial charge is 0.333 e. The minimum absolute atomic E-state index is 0.626. The van der Waals surface area contributed by atoms with E-state index in [0.717, 1.165) is 0 Å². The van der Waals surface area contributed by atoms with Crippen molar-refractivity contribution in [2.75, 3.05) is 0 Å². The zero-order chi connectivity index (χ0) is 8.36. The quantitative estimate of drug-likeness (QED) is 0.603. The third-order valence-corrected chi connectivity index (χ3v) is 1.06. The molecule has 0 aliphatic rings. The summed E-state index contributed by atoms with van der Waals surface area (Å²) in [6.07, 6.45) is -1.45. The van der Waals surface area contributed by atoms with Crippen LogP contribution in [0.1, 0.15) is 6.92 Å². The maximum Gasteiger partial charge on any atom is 0.333 e. The monoisotopic (exact) mass is 150 g/mol. The first-order valence-corrected chi connectivity index (χ1v) is 2.62. The third kappa shape index (κ3) is 1.60. The minimum atomic E-state index is -3.69. The fourth-order valence-electron chi connectivity index (χ4n) is 0.356. The van der Waals surface area contributed by atoms with Crippen LogP contribution in [0.3, 0.4) is 0 Å². The number of hydrogen-bond acceptors (Lipinski definition) is 2. The predicted molar refractivity (Wildman–Crippen MR) is 31.8 cm³/mol. The fourth-order valence-corrected chi connectivity index (χ4v) is 0.356. The summed E-state index contributed by atoms with van der Waals surface area (Å²) < 4.78 is 24.5. The first kappa shape index (κ1) is 9.23. The lowest BCUT2D eigenvalue weighted by atomic mass is 10.1. The number of aliphatic hydroxyl groups excluding tert-OH is 1. The normalized spacial score (nSPS) is 14.4. The molecule has 0 heterocycles. The molecule has 4 heteroatoms. The van der Waals surface area contributed by atoms with Crippen LogP contribution in [-0.4, -0.2) is 22.9 Å². The van der Waals surface area contributed by atoms with Gasteiger partial charge in [0.1, 0.15) is 6.10 Å². The zero-order valence-electron chi connectivity index (χ0n) is 5.47. The molecule has 0 aromatic heterocycles. The molecule has 0 fully saturated rings. The molecule has 1 atom stereocenters. The van der Waals surface area contributed by atoms with Crippen molar-refractivity contribution < 1.29 is 18.7 Å². The van der Waals surface area contributed by atoms with Gasteiger partial charge in [0.25, 0.3) is 0 Å². The first-order chi connectivity index (χ1) is 4.42. The Morgan fingerprint density at radius 2 is 2.20 bits per heavy atom. The number of Topliss-reactive ketones (excluding diaryl/α,β-unsaturated/α-hetero) is 1. The molecule has 1 unspecified atom stereocenters. The van der Waals surface area contributed by atoms with Gasteiger partial charge in [-0.3, -0.25) is 4.79 Å². The van der Waals surface area contributed by atoms with Gasteiger partial charge in [0.05, 0.1) is 0 Å². The molecule has 0 radical (unpaired) electrons. The lowest BCUT2D eigenvalue weighted by Crippen LogP contribution is -2.38. The summed E-state index contributed by atoms with van der Waals surface area (Å²) in [5.41, 5.74) is 0. The predicted octanol–water partition coefficient (Wildman–Crippen LogP) is 0.758. The van der Waals surface area contributed by atoms with Crippen LogP contribution in [0.2, 0.25) is 0 Å². The van der Waals surface area contributed by atoms with Crippen molar-refractivity contribution in [1.29, 1.82) is 0 Å². The van der Waals surface area contributed by atoms with Crippen molar-refractivity contribution in [3.8, 4) is 0 Å². The second-order valence-electron chi connectivity index (χ2n) is 1.86. The fraction of sp³-hybridized carbons (Fsp3) is 0.500. The number of rotatable bonds is 3. The van der Waals surface area contributed by atoms with Crippen LogP contribution in [0.5, 0.6) is 0 Å². The van der Waals surface area contributed by atoms with E-state index in [2.05, 4.69) is 6.58 Å². The van der Waals surface area contributed by atoms with E-state index >= 15 is 0 Å². The molecule has 2 nitrogen and oxygen atoms in total. The number of ketones is 1. The Morgan fingerprint density at radius 3 is 2.30 bits per heavy atom. The van der Waals surface area contributed by atoms with Gasteiger partial charge in [-0.05, 0) is 0 Å². The van der Waals surface area contributed by atoms with Crippen molar-refractivity contribution in [1.82, 2.24) is 0 Å². The van der Waals surface area contributed by atoms with Crippen LogP contribution in [0.15, 0.2) is 12.7 Å². The molecule has 0 spiro atoms. The van der Waals surface area contributed by atoms with Gasteiger partial charge in [0, 0.05) is 6.92 Å². The van der Waals surface area contributed by atoms with Gasteiger partial charge in [-0.1, -0.05) is 6.08 Å². The molecule has 0 saturated heterocycles.